The highest BCUT2D eigenvalue weighted by Crippen LogP contribution is 2.23. The van der Waals surface area contributed by atoms with Gasteiger partial charge in [-0.3, -0.25) is 9.78 Å². The van der Waals surface area contributed by atoms with Gasteiger partial charge in [-0.2, -0.15) is 4.98 Å². The first-order chi connectivity index (χ1) is 14.3. The predicted octanol–water partition coefficient (Wildman–Crippen LogP) is 3.10. The molecular formula is C21H23N5O3. The minimum absolute atomic E-state index is 0.0822. The number of aryl methyl sites for hydroxylation is 1. The highest BCUT2D eigenvalue weighted by atomic mass is 16.5. The van der Waals surface area contributed by atoms with Gasteiger partial charge in [-0.15, -0.1) is 0 Å². The molecule has 0 radical (unpaired) electrons. The third-order valence-corrected chi connectivity index (χ3v) is 4.83. The molecule has 3 aromatic heterocycles. The maximum absolute atomic E-state index is 12.2. The molecule has 0 saturated heterocycles. The van der Waals surface area contributed by atoms with Gasteiger partial charge in [0, 0.05) is 49.6 Å². The fourth-order valence-corrected chi connectivity index (χ4v) is 3.28. The molecule has 8 nitrogen and oxygen atoms in total. The summed E-state index contributed by atoms with van der Waals surface area (Å²) in [4.78, 5) is 24.8. The highest BCUT2D eigenvalue weighted by Gasteiger charge is 2.17. The van der Waals surface area contributed by atoms with E-state index in [9.17, 15) is 4.79 Å². The molecular weight excluding hydrogens is 370 g/mol. The lowest BCUT2D eigenvalue weighted by molar-refractivity contribution is -0.121. The van der Waals surface area contributed by atoms with Crippen LogP contribution in [0.4, 0.5) is 0 Å². The Bertz CT molecular complexity index is 938. The van der Waals surface area contributed by atoms with Crippen LogP contribution in [0.25, 0.3) is 11.4 Å². The van der Waals surface area contributed by atoms with Crippen LogP contribution in [0.2, 0.25) is 0 Å². The molecule has 8 heteroatoms. The summed E-state index contributed by atoms with van der Waals surface area (Å²) in [5.74, 6) is 1.44. The summed E-state index contributed by atoms with van der Waals surface area (Å²) in [6, 6.07) is 7.42. The lowest BCUT2D eigenvalue weighted by atomic mass is 10.2. The Morgan fingerprint density at radius 2 is 2.14 bits per heavy atom. The van der Waals surface area contributed by atoms with Crippen LogP contribution in [-0.4, -0.2) is 32.1 Å². The van der Waals surface area contributed by atoms with Gasteiger partial charge in [-0.25, -0.2) is 4.98 Å². The van der Waals surface area contributed by atoms with Crippen molar-refractivity contribution in [2.45, 2.75) is 51.2 Å². The van der Waals surface area contributed by atoms with Crippen molar-refractivity contribution in [1.29, 1.82) is 0 Å². The number of aromatic nitrogens is 4. The first-order valence-corrected chi connectivity index (χ1v) is 9.87. The molecule has 29 heavy (non-hydrogen) atoms. The largest absolute Gasteiger partial charge is 0.474 e. The Balaban J connectivity index is 1.24. The van der Waals surface area contributed by atoms with E-state index >= 15 is 0 Å². The summed E-state index contributed by atoms with van der Waals surface area (Å²) >= 11 is 0. The zero-order valence-electron chi connectivity index (χ0n) is 16.1. The number of nitrogens with zero attached hydrogens (tertiary/aromatic N) is 4. The van der Waals surface area contributed by atoms with Gasteiger partial charge >= 0.3 is 0 Å². The van der Waals surface area contributed by atoms with E-state index in [-0.39, 0.29) is 18.4 Å². The third kappa shape index (κ3) is 5.37. The van der Waals surface area contributed by atoms with Crippen LogP contribution in [0.3, 0.4) is 0 Å². The number of rotatable bonds is 8. The van der Waals surface area contributed by atoms with Crippen LogP contribution in [0.1, 0.15) is 43.6 Å². The fourth-order valence-electron chi connectivity index (χ4n) is 3.28. The van der Waals surface area contributed by atoms with E-state index in [0.29, 0.717) is 30.6 Å². The Morgan fingerprint density at radius 3 is 2.97 bits per heavy atom. The number of carbonyl (C=O) groups excluding carboxylic acids is 1. The predicted molar refractivity (Wildman–Crippen MR) is 105 cm³/mol. The SMILES string of the molecule is O=C(CCc1nc(-c2cccnc2)no1)NCc1ccnc(OC2CCCC2)c1. The van der Waals surface area contributed by atoms with Crippen LogP contribution in [0, 0.1) is 0 Å². The number of hydrogen-bond acceptors (Lipinski definition) is 7. The van der Waals surface area contributed by atoms with Gasteiger partial charge in [0.05, 0.1) is 0 Å². The topological polar surface area (TPSA) is 103 Å². The van der Waals surface area contributed by atoms with Gasteiger partial charge in [0.15, 0.2) is 0 Å². The zero-order chi connectivity index (χ0) is 19.9. The van der Waals surface area contributed by atoms with Gasteiger partial charge in [0.2, 0.25) is 23.5 Å². The fraction of sp³-hybridized carbons (Fsp3) is 0.381. The number of pyridine rings is 2. The Hall–Kier alpha value is -3.29. The molecule has 1 saturated carbocycles. The minimum Gasteiger partial charge on any atom is -0.474 e. The quantitative estimate of drug-likeness (QED) is 0.627. The van der Waals surface area contributed by atoms with Crippen molar-refractivity contribution in [3.63, 3.8) is 0 Å². The number of hydrogen-bond donors (Lipinski definition) is 1. The summed E-state index contributed by atoms with van der Waals surface area (Å²) in [6.07, 6.45) is 10.6. The molecule has 1 N–H and O–H groups in total. The molecule has 1 aliphatic carbocycles. The van der Waals surface area contributed by atoms with Crippen LogP contribution in [0.5, 0.6) is 5.88 Å². The second kappa shape index (κ2) is 9.27. The molecule has 0 atom stereocenters. The average molecular weight is 393 g/mol. The summed E-state index contributed by atoms with van der Waals surface area (Å²) in [5, 5.41) is 6.84. The van der Waals surface area contributed by atoms with Gasteiger partial charge in [0.25, 0.3) is 0 Å². The van der Waals surface area contributed by atoms with Crippen LogP contribution in [0.15, 0.2) is 47.4 Å². The Kier molecular flexibility index (Phi) is 6.09. The van der Waals surface area contributed by atoms with E-state index in [0.717, 1.165) is 24.0 Å². The van der Waals surface area contributed by atoms with Gasteiger partial charge in [-0.1, -0.05) is 5.16 Å². The molecule has 0 bridgehead atoms. The normalized spacial score (nSPS) is 14.1. The maximum Gasteiger partial charge on any atom is 0.227 e. The molecule has 0 unspecified atom stereocenters. The van der Waals surface area contributed by atoms with Crippen LogP contribution >= 0.6 is 0 Å². The lowest BCUT2D eigenvalue weighted by Crippen LogP contribution is -2.23. The summed E-state index contributed by atoms with van der Waals surface area (Å²) in [6.45, 7) is 0.424. The van der Waals surface area contributed by atoms with Gasteiger partial charge < -0.3 is 14.6 Å². The maximum atomic E-state index is 12.2. The number of amides is 1. The summed E-state index contributed by atoms with van der Waals surface area (Å²) < 4.78 is 11.1. The minimum atomic E-state index is -0.0822. The second-order valence-electron chi connectivity index (χ2n) is 7.06. The molecule has 3 aromatic rings. The third-order valence-electron chi connectivity index (χ3n) is 4.83. The highest BCUT2D eigenvalue weighted by molar-refractivity contribution is 5.76. The van der Waals surface area contributed by atoms with Gasteiger partial charge in [0.1, 0.15) is 6.10 Å². The molecule has 1 fully saturated rings. The first kappa shape index (κ1) is 19.0. The van der Waals surface area contributed by atoms with Gasteiger partial charge in [-0.05, 0) is 49.4 Å². The summed E-state index contributed by atoms with van der Waals surface area (Å²) in [7, 11) is 0. The van der Waals surface area contributed by atoms with Crippen molar-refractivity contribution >= 4 is 5.91 Å². The Morgan fingerprint density at radius 1 is 1.24 bits per heavy atom. The molecule has 1 aliphatic rings. The number of ether oxygens (including phenoxy) is 1. The smallest absolute Gasteiger partial charge is 0.227 e. The van der Waals surface area contributed by atoms with Crippen LogP contribution < -0.4 is 10.1 Å². The molecule has 1 amide bonds. The van der Waals surface area contributed by atoms with Crippen molar-refractivity contribution in [2.24, 2.45) is 0 Å². The van der Waals surface area contributed by atoms with E-state index in [1.165, 1.54) is 12.8 Å². The van der Waals surface area contributed by atoms with Crippen molar-refractivity contribution in [2.75, 3.05) is 0 Å². The monoisotopic (exact) mass is 393 g/mol. The van der Waals surface area contributed by atoms with Crippen LogP contribution in [-0.2, 0) is 17.8 Å². The van der Waals surface area contributed by atoms with Crippen molar-refractivity contribution in [1.82, 2.24) is 25.4 Å². The van der Waals surface area contributed by atoms with E-state index < -0.39 is 0 Å². The molecule has 4 rings (SSSR count). The zero-order valence-corrected chi connectivity index (χ0v) is 16.1. The molecule has 0 aromatic carbocycles. The Labute approximate surface area is 168 Å². The molecule has 0 aliphatic heterocycles. The van der Waals surface area contributed by atoms with E-state index in [1.54, 1.807) is 18.6 Å². The van der Waals surface area contributed by atoms with Crippen molar-refractivity contribution in [3.8, 4) is 17.3 Å². The van der Waals surface area contributed by atoms with E-state index in [4.69, 9.17) is 9.26 Å². The lowest BCUT2D eigenvalue weighted by Gasteiger charge is -2.12. The summed E-state index contributed by atoms with van der Waals surface area (Å²) in [5.41, 5.74) is 1.73. The second-order valence-corrected chi connectivity index (χ2v) is 7.06. The number of carbonyl (C=O) groups is 1. The average Bonchev–Trinajstić information content (AvgIpc) is 3.44. The first-order valence-electron chi connectivity index (χ1n) is 9.87. The molecule has 3 heterocycles. The van der Waals surface area contributed by atoms with Crippen molar-refractivity contribution < 1.29 is 14.1 Å². The van der Waals surface area contributed by atoms with E-state index in [2.05, 4.69) is 25.4 Å². The van der Waals surface area contributed by atoms with E-state index in [1.807, 2.05) is 24.3 Å². The standard InChI is InChI=1S/C21H23N5O3/c27-18(7-8-19-25-21(26-29-19)16-4-3-10-22-14-16)24-13-15-9-11-23-20(12-15)28-17-5-1-2-6-17/h3-4,9-12,14,17H,1-2,5-8,13H2,(H,24,27). The number of nitrogens with one attached hydrogen (secondary N) is 1. The van der Waals surface area contributed by atoms with Crippen molar-refractivity contribution in [3.05, 3.63) is 54.3 Å². The molecule has 0 spiro atoms. The molecule has 150 valence electrons.